The van der Waals surface area contributed by atoms with Crippen molar-refractivity contribution in [2.75, 3.05) is 13.6 Å². The minimum atomic E-state index is -1.26. The maximum absolute atomic E-state index is 13.7. The van der Waals surface area contributed by atoms with Crippen molar-refractivity contribution in [3.63, 3.8) is 0 Å². The number of carbonyl (C=O) groups excluding carboxylic acids is 3. The van der Waals surface area contributed by atoms with Gasteiger partial charge in [-0.2, -0.15) is 0 Å². The molecule has 18 heteroatoms. The van der Waals surface area contributed by atoms with Gasteiger partial charge in [0.25, 0.3) is 11.4 Å². The zero-order chi connectivity index (χ0) is 38.9. The number of fused-ring (bicyclic) bond motifs is 1. The molecule has 2 fully saturated rings. The van der Waals surface area contributed by atoms with E-state index in [0.717, 1.165) is 0 Å². The Morgan fingerprint density at radius 1 is 1.00 bits per heavy atom. The predicted octanol–water partition coefficient (Wildman–Crippen LogP) is 4.91. The molecule has 0 aromatic heterocycles. The Hall–Kier alpha value is -5.23. The molecule has 2 N–H and O–H groups in total. The number of benzene rings is 2. The third kappa shape index (κ3) is 8.07. The number of β-lactam (4-membered cyclic amide) rings is 1. The summed E-state index contributed by atoms with van der Waals surface area (Å²) in [6.45, 7) is 6.79. The highest BCUT2D eigenvalue weighted by Gasteiger charge is 2.60. The molecular formula is C35H41N5O12S. The molecule has 17 nitrogen and oxygen atoms in total. The van der Waals surface area contributed by atoms with E-state index >= 15 is 0 Å². The summed E-state index contributed by atoms with van der Waals surface area (Å²) in [4.78, 5) is 77.8. The van der Waals surface area contributed by atoms with Gasteiger partial charge in [-0.05, 0) is 69.0 Å². The van der Waals surface area contributed by atoms with Crippen LogP contribution in [0.1, 0.15) is 51.7 Å². The molecule has 0 radical (unpaired) electrons. The number of nitro benzene ring substituents is 2. The first-order valence-electron chi connectivity index (χ1n) is 16.9. The smallest absolute Gasteiger partial charge is 0.410 e. The van der Waals surface area contributed by atoms with E-state index in [9.17, 15) is 49.6 Å². The zero-order valence-corrected chi connectivity index (χ0v) is 30.6. The number of carbonyl (C=O) groups is 4. The Labute approximate surface area is 308 Å². The molecule has 0 saturated carbocycles. The second-order valence-electron chi connectivity index (χ2n) is 14.1. The summed E-state index contributed by atoms with van der Waals surface area (Å²) in [6.07, 6.45) is -1.65. The Morgan fingerprint density at radius 3 is 2.02 bits per heavy atom. The Balaban J connectivity index is 1.32. The van der Waals surface area contributed by atoms with Crippen LogP contribution in [0.2, 0.25) is 0 Å². The molecule has 0 unspecified atom stereocenters. The molecule has 0 spiro atoms. The number of carboxylic acid groups (broad SMARTS) is 1. The standard InChI is InChI=1S/C35H41N5O12S/c1-19-28-27(20(2)41)31(42)38(28)29(32(43)44)30(19)53-26-14-25(37(16-26)34(46)52-18-22-8-12-24(13-9-22)40(49)50)15-35(3,4)36(5)33(45)51-17-21-6-10-23(11-7-21)39(47)48/h6-13,19-20,25-28,41H,14-18H2,1-5H3,(H,43,44)/t19-,20-,25+,26+,27-,28-/m1/s1. The molecule has 2 saturated heterocycles. The van der Waals surface area contributed by atoms with Crippen molar-refractivity contribution in [3.8, 4) is 0 Å². The van der Waals surface area contributed by atoms with Crippen LogP contribution in [0.15, 0.2) is 59.1 Å². The fourth-order valence-corrected chi connectivity index (χ4v) is 8.66. The van der Waals surface area contributed by atoms with Crippen molar-refractivity contribution in [3.05, 3.63) is 90.5 Å². The van der Waals surface area contributed by atoms with E-state index < -0.39 is 63.6 Å². The molecule has 284 valence electrons. The molecule has 6 atom stereocenters. The second-order valence-corrected chi connectivity index (χ2v) is 15.4. The van der Waals surface area contributed by atoms with Gasteiger partial charge >= 0.3 is 18.2 Å². The Bertz CT molecular complexity index is 1820. The van der Waals surface area contributed by atoms with E-state index in [-0.39, 0.29) is 54.4 Å². The van der Waals surface area contributed by atoms with Crippen molar-refractivity contribution < 1.29 is 48.7 Å². The van der Waals surface area contributed by atoms with Gasteiger partial charge in [0.05, 0.1) is 27.9 Å². The number of likely N-dealkylation sites (tertiary alicyclic amines) is 1. The number of hydrogen-bond acceptors (Lipinski definition) is 12. The summed E-state index contributed by atoms with van der Waals surface area (Å²) >= 11 is 1.28. The highest BCUT2D eigenvalue weighted by molar-refractivity contribution is 8.03. The predicted molar refractivity (Wildman–Crippen MR) is 189 cm³/mol. The Morgan fingerprint density at radius 2 is 1.53 bits per heavy atom. The van der Waals surface area contributed by atoms with Gasteiger partial charge in [0.15, 0.2) is 0 Å². The molecule has 5 rings (SSSR count). The third-order valence-electron chi connectivity index (χ3n) is 10.2. The van der Waals surface area contributed by atoms with Crippen molar-refractivity contribution in [2.24, 2.45) is 11.8 Å². The van der Waals surface area contributed by atoms with Crippen LogP contribution in [0, 0.1) is 32.1 Å². The van der Waals surface area contributed by atoms with Crippen LogP contribution in [0.5, 0.6) is 0 Å². The van der Waals surface area contributed by atoms with Gasteiger partial charge in [0.1, 0.15) is 18.9 Å². The maximum atomic E-state index is 13.7. The number of hydrogen-bond donors (Lipinski definition) is 2. The fourth-order valence-electron chi connectivity index (χ4n) is 7.09. The van der Waals surface area contributed by atoms with E-state index in [2.05, 4.69) is 0 Å². The number of thioether (sulfide) groups is 1. The summed E-state index contributed by atoms with van der Waals surface area (Å²) in [7, 11) is 1.56. The zero-order valence-electron chi connectivity index (χ0n) is 29.7. The van der Waals surface area contributed by atoms with Crippen molar-refractivity contribution in [2.45, 2.75) is 82.7 Å². The van der Waals surface area contributed by atoms with Crippen LogP contribution in [0.25, 0.3) is 0 Å². The van der Waals surface area contributed by atoms with E-state index in [1.54, 1.807) is 20.9 Å². The number of nitrogens with zero attached hydrogens (tertiary/aromatic N) is 5. The molecule has 3 heterocycles. The number of aliphatic carboxylic acids is 1. The van der Waals surface area contributed by atoms with E-state index in [0.29, 0.717) is 22.5 Å². The van der Waals surface area contributed by atoms with Gasteiger partial charge in [0, 0.05) is 65.5 Å². The molecule has 2 aromatic carbocycles. The van der Waals surface area contributed by atoms with Crippen LogP contribution in [-0.4, -0.2) is 101 Å². The van der Waals surface area contributed by atoms with Gasteiger partial charge in [-0.1, -0.05) is 6.92 Å². The molecule has 3 aliphatic heterocycles. The van der Waals surface area contributed by atoms with Gasteiger partial charge in [-0.15, -0.1) is 11.8 Å². The highest BCUT2D eigenvalue weighted by Crippen LogP contribution is 2.52. The lowest BCUT2D eigenvalue weighted by atomic mass is 9.79. The SMILES string of the molecule is C[C@@H](O)[C@H]1C(=O)N2C(C(=O)O)=C(S[C@H]3C[C@@H](CC(C)(C)N(C)C(=O)OCc4ccc([N+](=O)[O-])cc4)N(C(=O)OCc4ccc([N+](=O)[O-])cc4)C3)[C@H](C)[C@H]12. The van der Waals surface area contributed by atoms with Crippen molar-refractivity contribution in [1.82, 2.24) is 14.7 Å². The van der Waals surface area contributed by atoms with Crippen LogP contribution in [-0.2, 0) is 32.3 Å². The number of ether oxygens (including phenoxy) is 2. The molecule has 3 aliphatic rings. The lowest BCUT2D eigenvalue weighted by Gasteiger charge is -2.46. The summed E-state index contributed by atoms with van der Waals surface area (Å²) in [6, 6.07) is 10.2. The molecule has 53 heavy (non-hydrogen) atoms. The summed E-state index contributed by atoms with van der Waals surface area (Å²) in [5, 5.41) is 42.1. The summed E-state index contributed by atoms with van der Waals surface area (Å²) < 4.78 is 11.1. The molecule has 3 amide bonds. The van der Waals surface area contributed by atoms with Crippen LogP contribution in [0.4, 0.5) is 21.0 Å². The second kappa shape index (κ2) is 15.4. The highest BCUT2D eigenvalue weighted by atomic mass is 32.2. The van der Waals surface area contributed by atoms with Gasteiger partial charge < -0.3 is 34.4 Å². The first kappa shape index (κ1) is 39.0. The van der Waals surface area contributed by atoms with Gasteiger partial charge in [0.2, 0.25) is 5.91 Å². The van der Waals surface area contributed by atoms with Crippen molar-refractivity contribution >= 4 is 47.2 Å². The van der Waals surface area contributed by atoms with Gasteiger partial charge in [-0.25, -0.2) is 14.4 Å². The number of carboxylic acids is 1. The fraction of sp³-hybridized carbons (Fsp3) is 0.486. The topological polar surface area (TPSA) is 223 Å². The molecule has 0 bridgehead atoms. The first-order valence-corrected chi connectivity index (χ1v) is 17.7. The quantitative estimate of drug-likeness (QED) is 0.158. The average Bonchev–Trinajstić information content (AvgIpc) is 3.60. The van der Waals surface area contributed by atoms with Crippen LogP contribution >= 0.6 is 11.8 Å². The first-order chi connectivity index (χ1) is 24.9. The number of amides is 3. The third-order valence-corrected chi connectivity index (χ3v) is 11.6. The molecular weight excluding hydrogens is 714 g/mol. The summed E-state index contributed by atoms with van der Waals surface area (Å²) in [5.74, 6) is -2.81. The number of nitro groups is 2. The minimum Gasteiger partial charge on any atom is -0.477 e. The average molecular weight is 756 g/mol. The number of rotatable bonds is 13. The van der Waals surface area contributed by atoms with Crippen LogP contribution in [0.3, 0.4) is 0 Å². The molecule has 0 aliphatic carbocycles. The van der Waals surface area contributed by atoms with E-state index in [4.69, 9.17) is 9.47 Å². The minimum absolute atomic E-state index is 0.0950. The Kier molecular flexibility index (Phi) is 11.3. The van der Waals surface area contributed by atoms with Gasteiger partial charge in [-0.3, -0.25) is 25.0 Å². The largest absolute Gasteiger partial charge is 0.477 e. The normalized spacial score (nSPS) is 22.9. The lowest BCUT2D eigenvalue weighted by molar-refractivity contribution is -0.385. The number of aliphatic hydroxyl groups excluding tert-OH is 1. The summed E-state index contributed by atoms with van der Waals surface area (Å²) in [5.41, 5.74) is -0.140. The molecule has 2 aromatic rings. The monoisotopic (exact) mass is 755 g/mol. The lowest BCUT2D eigenvalue weighted by Crippen LogP contribution is -2.63. The van der Waals surface area contributed by atoms with Crippen LogP contribution < -0.4 is 0 Å². The maximum Gasteiger partial charge on any atom is 0.410 e. The number of non-ortho nitro benzene ring substituents is 2. The van der Waals surface area contributed by atoms with Crippen molar-refractivity contribution in [1.29, 1.82) is 0 Å². The van der Waals surface area contributed by atoms with E-state index in [1.807, 2.05) is 6.92 Å². The number of aliphatic hydroxyl groups is 1. The van der Waals surface area contributed by atoms with E-state index in [1.165, 1.54) is 81.9 Å².